The van der Waals surface area contributed by atoms with E-state index in [1.165, 1.54) is 6.92 Å². The molecule has 0 bridgehead atoms. The van der Waals surface area contributed by atoms with Crippen molar-refractivity contribution in [3.8, 4) is 0 Å². The van der Waals surface area contributed by atoms with Crippen molar-refractivity contribution in [2.45, 2.75) is 6.92 Å². The molecule has 0 aliphatic carbocycles. The van der Waals surface area contributed by atoms with Crippen molar-refractivity contribution in [1.29, 1.82) is 0 Å². The number of carbonyl (C=O) groups is 2. The molecule has 1 heterocycles. The molecule has 0 radical (unpaired) electrons. The molecule has 5 nitrogen and oxygen atoms in total. The Morgan fingerprint density at radius 2 is 2.22 bits per heavy atom. The fourth-order valence-corrected chi connectivity index (χ4v) is 0.419. The Bertz CT molecular complexity index is 228. The average Bonchev–Trinajstić information content (AvgIpc) is 2.13. The van der Waals surface area contributed by atoms with E-state index in [0.717, 1.165) is 0 Å². The highest BCUT2D eigenvalue weighted by Crippen LogP contribution is 1.96. The Kier molecular flexibility index (Phi) is 1.18. The molecule has 0 aromatic carbocycles. The first-order valence-corrected chi connectivity index (χ1v) is 2.26. The number of amides is 1. The summed E-state index contributed by atoms with van der Waals surface area (Å²) in [7, 11) is 0. The predicted molar refractivity (Wildman–Crippen MR) is 28.0 cm³/mol. The molecular formula is C4H3N3O2. The van der Waals surface area contributed by atoms with Gasteiger partial charge in [-0.25, -0.2) is 0 Å². The van der Waals surface area contributed by atoms with E-state index >= 15 is 0 Å². The van der Waals surface area contributed by atoms with Gasteiger partial charge in [-0.15, -0.1) is 5.10 Å². The van der Waals surface area contributed by atoms with Gasteiger partial charge in [0.15, 0.2) is 11.5 Å². The summed E-state index contributed by atoms with van der Waals surface area (Å²) >= 11 is 0. The smallest absolute Gasteiger partial charge is 0.292 e. The van der Waals surface area contributed by atoms with Crippen LogP contribution in [0.3, 0.4) is 0 Å². The molecule has 1 aliphatic rings. The second kappa shape index (κ2) is 1.85. The van der Waals surface area contributed by atoms with Crippen LogP contribution in [-0.2, 0) is 9.59 Å². The zero-order valence-electron chi connectivity index (χ0n) is 4.66. The third-order valence-corrected chi connectivity index (χ3v) is 0.816. The van der Waals surface area contributed by atoms with Gasteiger partial charge >= 0.3 is 5.91 Å². The standard InChI is InChI=1S/C4H3N3O2/c1-2(8)3-4(9)6-7-5-3/h1H3. The molecule has 1 rings (SSSR count). The summed E-state index contributed by atoms with van der Waals surface area (Å²) in [4.78, 5) is 20.8. The SMILES string of the molecule is CC(=O)C1=NN=NC1=O. The summed E-state index contributed by atoms with van der Waals surface area (Å²) in [5.74, 6) is -1.05. The van der Waals surface area contributed by atoms with E-state index in [-0.39, 0.29) is 5.71 Å². The number of Topliss-reactive ketones (excluding diaryl/α,β-unsaturated/α-hetero) is 1. The van der Waals surface area contributed by atoms with Crippen LogP contribution in [0.5, 0.6) is 0 Å². The molecule has 46 valence electrons. The lowest BCUT2D eigenvalue weighted by atomic mass is 10.3. The van der Waals surface area contributed by atoms with Crippen LogP contribution in [0.2, 0.25) is 0 Å². The Labute approximate surface area is 50.5 Å². The van der Waals surface area contributed by atoms with Crippen molar-refractivity contribution in [2.24, 2.45) is 15.4 Å². The molecule has 0 atom stereocenters. The van der Waals surface area contributed by atoms with Crippen LogP contribution < -0.4 is 0 Å². The van der Waals surface area contributed by atoms with Crippen molar-refractivity contribution in [3.05, 3.63) is 0 Å². The predicted octanol–water partition coefficient (Wildman–Crippen LogP) is -0.0762. The summed E-state index contributed by atoms with van der Waals surface area (Å²) < 4.78 is 0. The number of hydrogen-bond acceptors (Lipinski definition) is 4. The lowest BCUT2D eigenvalue weighted by Gasteiger charge is -1.81. The number of rotatable bonds is 1. The van der Waals surface area contributed by atoms with Gasteiger partial charge in [0.05, 0.1) is 0 Å². The third kappa shape index (κ3) is 0.883. The Morgan fingerprint density at radius 1 is 1.56 bits per heavy atom. The molecule has 0 aromatic rings. The molecule has 0 saturated carbocycles. The van der Waals surface area contributed by atoms with Crippen molar-refractivity contribution in [3.63, 3.8) is 0 Å². The summed E-state index contributed by atoms with van der Waals surface area (Å²) in [6.07, 6.45) is 0. The van der Waals surface area contributed by atoms with E-state index in [1.807, 2.05) is 0 Å². The van der Waals surface area contributed by atoms with Crippen LogP contribution in [0.4, 0.5) is 0 Å². The van der Waals surface area contributed by atoms with Crippen molar-refractivity contribution in [1.82, 2.24) is 0 Å². The van der Waals surface area contributed by atoms with Gasteiger partial charge in [-0.05, 0) is 5.22 Å². The minimum absolute atomic E-state index is 0.185. The highest BCUT2D eigenvalue weighted by molar-refractivity contribution is 6.65. The van der Waals surface area contributed by atoms with Gasteiger partial charge in [0.25, 0.3) is 0 Å². The molecule has 0 aromatic heterocycles. The molecule has 0 fully saturated rings. The first kappa shape index (κ1) is 5.74. The van der Waals surface area contributed by atoms with Crippen LogP contribution in [0.1, 0.15) is 6.92 Å². The number of nitrogens with zero attached hydrogens (tertiary/aromatic N) is 3. The van der Waals surface area contributed by atoms with Crippen LogP contribution in [0.25, 0.3) is 0 Å². The molecule has 5 heteroatoms. The minimum Gasteiger partial charge on any atom is -0.292 e. The molecular weight excluding hydrogens is 122 g/mol. The fourth-order valence-electron chi connectivity index (χ4n) is 0.419. The van der Waals surface area contributed by atoms with Crippen molar-refractivity contribution < 1.29 is 9.59 Å². The fraction of sp³-hybridized carbons (Fsp3) is 0.250. The van der Waals surface area contributed by atoms with Crippen molar-refractivity contribution >= 4 is 17.4 Å². The molecule has 1 aliphatic heterocycles. The Hall–Kier alpha value is -1.39. The highest BCUT2D eigenvalue weighted by Gasteiger charge is 2.19. The molecule has 1 amide bonds. The van der Waals surface area contributed by atoms with Crippen LogP contribution >= 0.6 is 0 Å². The van der Waals surface area contributed by atoms with E-state index in [1.54, 1.807) is 0 Å². The molecule has 0 saturated heterocycles. The third-order valence-electron chi connectivity index (χ3n) is 0.816. The van der Waals surface area contributed by atoms with Crippen molar-refractivity contribution in [2.75, 3.05) is 0 Å². The van der Waals surface area contributed by atoms with Crippen LogP contribution in [0, 0.1) is 0 Å². The maximum Gasteiger partial charge on any atom is 0.321 e. The van der Waals surface area contributed by atoms with E-state index in [2.05, 4.69) is 15.4 Å². The van der Waals surface area contributed by atoms with Crippen LogP contribution in [0.15, 0.2) is 15.4 Å². The van der Waals surface area contributed by atoms with Gasteiger partial charge in [-0.1, -0.05) is 5.11 Å². The quantitative estimate of drug-likeness (QED) is 0.491. The van der Waals surface area contributed by atoms with Gasteiger partial charge in [0, 0.05) is 6.92 Å². The molecule has 0 unspecified atom stereocenters. The van der Waals surface area contributed by atoms with E-state index in [9.17, 15) is 9.59 Å². The van der Waals surface area contributed by atoms with Gasteiger partial charge in [-0.3, -0.25) is 9.59 Å². The van der Waals surface area contributed by atoms with Gasteiger partial charge in [-0.2, -0.15) is 0 Å². The second-order valence-corrected chi connectivity index (χ2v) is 1.50. The summed E-state index contributed by atoms with van der Waals surface area (Å²) in [6, 6.07) is 0. The monoisotopic (exact) mass is 125 g/mol. The molecule has 9 heavy (non-hydrogen) atoms. The maximum atomic E-state index is 10.4. The zero-order chi connectivity index (χ0) is 6.85. The number of hydrogen-bond donors (Lipinski definition) is 0. The van der Waals surface area contributed by atoms with E-state index in [4.69, 9.17) is 0 Å². The average molecular weight is 125 g/mol. The van der Waals surface area contributed by atoms with Gasteiger partial charge in [0.2, 0.25) is 0 Å². The zero-order valence-corrected chi connectivity index (χ0v) is 4.66. The summed E-state index contributed by atoms with van der Waals surface area (Å²) in [5, 5.41) is 9.20. The Balaban J connectivity index is 2.88. The highest BCUT2D eigenvalue weighted by atomic mass is 16.2. The summed E-state index contributed by atoms with van der Waals surface area (Å²) in [6.45, 7) is 1.24. The Morgan fingerprint density at radius 3 is 2.44 bits per heavy atom. The lowest BCUT2D eigenvalue weighted by molar-refractivity contribution is -0.115. The molecule has 0 N–H and O–H groups in total. The normalized spacial score (nSPS) is 16.1. The van der Waals surface area contributed by atoms with E-state index in [0.29, 0.717) is 0 Å². The van der Waals surface area contributed by atoms with E-state index < -0.39 is 11.7 Å². The van der Waals surface area contributed by atoms with Crippen LogP contribution in [-0.4, -0.2) is 17.4 Å². The first-order valence-electron chi connectivity index (χ1n) is 2.26. The minimum atomic E-state index is -0.650. The number of ketones is 1. The topological polar surface area (TPSA) is 71.2 Å². The second-order valence-electron chi connectivity index (χ2n) is 1.50. The summed E-state index contributed by atoms with van der Waals surface area (Å²) in [5.41, 5.74) is -0.185. The molecule has 0 spiro atoms. The largest absolute Gasteiger partial charge is 0.321 e. The van der Waals surface area contributed by atoms with Gasteiger partial charge < -0.3 is 0 Å². The lowest BCUT2D eigenvalue weighted by Crippen LogP contribution is -2.16. The van der Waals surface area contributed by atoms with Gasteiger partial charge in [0.1, 0.15) is 0 Å². The first-order chi connectivity index (χ1) is 4.22. The number of carbonyl (C=O) groups excluding carboxylic acids is 2. The maximum absolute atomic E-state index is 10.4.